The normalized spacial score (nSPS) is 32.6. The van der Waals surface area contributed by atoms with Crippen LogP contribution in [0, 0.1) is 0 Å². The lowest BCUT2D eigenvalue weighted by atomic mass is 9.90. The molecule has 0 unspecified atom stereocenters. The van der Waals surface area contributed by atoms with Crippen LogP contribution in [0.5, 0.6) is 0 Å². The minimum absolute atomic E-state index is 0.116. The summed E-state index contributed by atoms with van der Waals surface area (Å²) >= 11 is 0. The van der Waals surface area contributed by atoms with Gasteiger partial charge in [-0.1, -0.05) is 12.8 Å². The molecule has 3 fully saturated rings. The van der Waals surface area contributed by atoms with Crippen LogP contribution in [0.3, 0.4) is 0 Å². The van der Waals surface area contributed by atoms with Crippen molar-refractivity contribution in [3.63, 3.8) is 0 Å². The van der Waals surface area contributed by atoms with E-state index in [0.29, 0.717) is 5.95 Å². The van der Waals surface area contributed by atoms with E-state index in [1.165, 1.54) is 51.5 Å². The Balaban J connectivity index is 1.32. The summed E-state index contributed by atoms with van der Waals surface area (Å²) in [5.74, 6) is 0.703. The summed E-state index contributed by atoms with van der Waals surface area (Å²) in [5, 5.41) is 3.33. The van der Waals surface area contributed by atoms with Crippen molar-refractivity contribution in [2.75, 3.05) is 25.0 Å². The van der Waals surface area contributed by atoms with Crippen molar-refractivity contribution in [2.24, 2.45) is 0 Å². The number of hydrogen-bond donors (Lipinski definition) is 1. The average molecular weight is 316 g/mol. The molecule has 5 heteroatoms. The zero-order valence-electron chi connectivity index (χ0n) is 13.9. The topological polar surface area (TPSA) is 50.3 Å². The monoisotopic (exact) mass is 316 g/mol. The van der Waals surface area contributed by atoms with Crippen LogP contribution in [0.25, 0.3) is 0 Å². The van der Waals surface area contributed by atoms with E-state index in [1.807, 2.05) is 6.07 Å². The van der Waals surface area contributed by atoms with Crippen LogP contribution in [0.4, 0.5) is 5.95 Å². The highest BCUT2D eigenvalue weighted by molar-refractivity contribution is 5.22. The molecule has 3 aliphatic rings. The van der Waals surface area contributed by atoms with Gasteiger partial charge in [-0.2, -0.15) is 0 Å². The van der Waals surface area contributed by atoms with Crippen LogP contribution in [-0.4, -0.2) is 52.2 Å². The van der Waals surface area contributed by atoms with Crippen molar-refractivity contribution in [3.8, 4) is 0 Å². The first-order valence-electron chi connectivity index (χ1n) is 9.26. The van der Waals surface area contributed by atoms with Gasteiger partial charge in [0.15, 0.2) is 0 Å². The number of nitrogens with zero attached hydrogens (tertiary/aromatic N) is 3. The highest BCUT2D eigenvalue weighted by Gasteiger charge is 2.44. The molecule has 1 spiro atoms. The summed E-state index contributed by atoms with van der Waals surface area (Å²) in [4.78, 5) is 11.2. The van der Waals surface area contributed by atoms with Gasteiger partial charge in [0.25, 0.3) is 0 Å². The first kappa shape index (κ1) is 15.3. The third kappa shape index (κ3) is 3.50. The maximum atomic E-state index is 6.59. The number of nitrogens with one attached hydrogen (secondary N) is 1. The average Bonchev–Trinajstić information content (AvgIpc) is 3.24. The van der Waals surface area contributed by atoms with Crippen LogP contribution in [0.15, 0.2) is 18.5 Å². The molecule has 1 aromatic heterocycles. The van der Waals surface area contributed by atoms with Crippen molar-refractivity contribution in [1.82, 2.24) is 14.9 Å². The summed E-state index contributed by atoms with van der Waals surface area (Å²) < 4.78 is 6.59. The molecule has 3 heterocycles. The number of aromatic nitrogens is 2. The van der Waals surface area contributed by atoms with Crippen LogP contribution in [0.2, 0.25) is 0 Å². The molecule has 1 aromatic rings. The van der Waals surface area contributed by atoms with Gasteiger partial charge in [-0.25, -0.2) is 9.97 Å². The van der Waals surface area contributed by atoms with Gasteiger partial charge in [0.1, 0.15) is 0 Å². The molecule has 23 heavy (non-hydrogen) atoms. The third-order valence-corrected chi connectivity index (χ3v) is 5.82. The van der Waals surface area contributed by atoms with E-state index in [9.17, 15) is 0 Å². The second-order valence-corrected chi connectivity index (χ2v) is 7.43. The quantitative estimate of drug-likeness (QED) is 0.925. The first-order chi connectivity index (χ1) is 11.3. The first-order valence-corrected chi connectivity index (χ1v) is 9.26. The zero-order valence-corrected chi connectivity index (χ0v) is 13.9. The molecule has 2 atom stereocenters. The Bertz CT molecular complexity index is 505. The fourth-order valence-electron chi connectivity index (χ4n) is 4.62. The summed E-state index contributed by atoms with van der Waals surface area (Å²) in [5.41, 5.74) is 0.116. The van der Waals surface area contributed by atoms with E-state index in [0.717, 1.165) is 25.6 Å². The maximum absolute atomic E-state index is 6.59. The highest BCUT2D eigenvalue weighted by Crippen LogP contribution is 2.39. The number of rotatable bonds is 4. The fourth-order valence-corrected chi connectivity index (χ4v) is 4.62. The van der Waals surface area contributed by atoms with Gasteiger partial charge in [0.2, 0.25) is 5.95 Å². The molecule has 2 saturated heterocycles. The van der Waals surface area contributed by atoms with Gasteiger partial charge in [0, 0.05) is 38.1 Å². The van der Waals surface area contributed by atoms with E-state index in [4.69, 9.17) is 4.74 Å². The number of ether oxygens (including phenoxy) is 1. The Hall–Kier alpha value is -1.20. The molecule has 5 nitrogen and oxygen atoms in total. The molecule has 0 aromatic carbocycles. The lowest BCUT2D eigenvalue weighted by molar-refractivity contribution is -0.116. The Morgan fingerprint density at radius 2 is 1.96 bits per heavy atom. The predicted molar refractivity (Wildman–Crippen MR) is 90.4 cm³/mol. The van der Waals surface area contributed by atoms with Crippen molar-refractivity contribution < 1.29 is 4.74 Å². The van der Waals surface area contributed by atoms with E-state index in [-0.39, 0.29) is 11.7 Å². The van der Waals surface area contributed by atoms with Gasteiger partial charge >= 0.3 is 0 Å². The zero-order chi connectivity index (χ0) is 15.5. The van der Waals surface area contributed by atoms with Crippen LogP contribution in [-0.2, 0) is 4.74 Å². The van der Waals surface area contributed by atoms with Crippen LogP contribution < -0.4 is 5.32 Å². The summed E-state index contributed by atoms with van der Waals surface area (Å²) in [7, 11) is 0. The number of likely N-dealkylation sites (tertiary alicyclic amines) is 1. The largest absolute Gasteiger partial charge is 0.369 e. The summed E-state index contributed by atoms with van der Waals surface area (Å²) in [6, 6.07) is 2.67. The van der Waals surface area contributed by atoms with Gasteiger partial charge in [-0.15, -0.1) is 0 Å². The second kappa shape index (κ2) is 6.73. The number of hydrogen-bond acceptors (Lipinski definition) is 5. The SMILES string of the molecule is c1cnc(NC[C@@H]2CCC[C@@]3(CCN(C4CCCC4)C3)O2)nc1. The summed E-state index contributed by atoms with van der Waals surface area (Å²) in [6.45, 7) is 3.19. The van der Waals surface area contributed by atoms with Crippen molar-refractivity contribution in [2.45, 2.75) is 69.1 Å². The standard InChI is InChI=1S/C18H28N4O/c1-2-6-15(5-1)22-12-9-18(14-22)8-3-7-16(23-18)13-21-17-19-10-4-11-20-17/h4,10-11,15-16H,1-3,5-9,12-14H2,(H,19,20,21)/t16-,18-/m0/s1. The molecule has 1 aliphatic carbocycles. The van der Waals surface area contributed by atoms with E-state index < -0.39 is 0 Å². The molecule has 0 bridgehead atoms. The number of anilines is 1. The minimum atomic E-state index is 0.116. The Morgan fingerprint density at radius 1 is 1.13 bits per heavy atom. The Labute approximate surface area is 138 Å². The third-order valence-electron chi connectivity index (χ3n) is 5.82. The van der Waals surface area contributed by atoms with Crippen molar-refractivity contribution >= 4 is 5.95 Å². The van der Waals surface area contributed by atoms with Gasteiger partial charge in [0.05, 0.1) is 11.7 Å². The lowest BCUT2D eigenvalue weighted by Crippen LogP contribution is -2.46. The van der Waals surface area contributed by atoms with Crippen molar-refractivity contribution in [3.05, 3.63) is 18.5 Å². The maximum Gasteiger partial charge on any atom is 0.222 e. The summed E-state index contributed by atoms with van der Waals surface area (Å²) in [6.07, 6.45) is 14.3. The van der Waals surface area contributed by atoms with Gasteiger partial charge in [-0.05, 0) is 44.6 Å². The molecule has 4 rings (SSSR count). The van der Waals surface area contributed by atoms with Crippen LogP contribution in [0.1, 0.15) is 51.4 Å². The molecule has 126 valence electrons. The predicted octanol–water partition coefficient (Wildman–Crippen LogP) is 2.84. The smallest absolute Gasteiger partial charge is 0.222 e. The van der Waals surface area contributed by atoms with E-state index in [1.54, 1.807) is 12.4 Å². The Morgan fingerprint density at radius 3 is 2.78 bits per heavy atom. The van der Waals surface area contributed by atoms with Gasteiger partial charge in [-0.3, -0.25) is 4.90 Å². The fraction of sp³-hybridized carbons (Fsp3) is 0.778. The second-order valence-electron chi connectivity index (χ2n) is 7.43. The van der Waals surface area contributed by atoms with E-state index in [2.05, 4.69) is 20.2 Å². The molecular formula is C18H28N4O. The molecule has 1 saturated carbocycles. The minimum Gasteiger partial charge on any atom is -0.369 e. The highest BCUT2D eigenvalue weighted by atomic mass is 16.5. The molecule has 0 amide bonds. The molecule has 2 aliphatic heterocycles. The molecule has 0 radical (unpaired) electrons. The Kier molecular flexibility index (Phi) is 4.49. The molecule has 1 N–H and O–H groups in total. The van der Waals surface area contributed by atoms with Crippen molar-refractivity contribution in [1.29, 1.82) is 0 Å². The van der Waals surface area contributed by atoms with Crippen LogP contribution >= 0.6 is 0 Å². The lowest BCUT2D eigenvalue weighted by Gasteiger charge is -2.39. The van der Waals surface area contributed by atoms with Gasteiger partial charge < -0.3 is 10.1 Å². The van der Waals surface area contributed by atoms with E-state index >= 15 is 0 Å². The molecular weight excluding hydrogens is 288 g/mol.